The zero-order valence-electron chi connectivity index (χ0n) is 11.8. The van der Waals surface area contributed by atoms with Crippen molar-refractivity contribution in [2.45, 2.75) is 58.0 Å². The first-order chi connectivity index (χ1) is 8.58. The maximum Gasteiger partial charge on any atom is 0.131 e. The fourth-order valence-corrected chi connectivity index (χ4v) is 2.94. The fraction of sp³-hybridized carbons (Fsp3) is 0.667. The first kappa shape index (κ1) is 13.3. The summed E-state index contributed by atoms with van der Waals surface area (Å²) < 4.78 is 0. The van der Waals surface area contributed by atoms with E-state index in [2.05, 4.69) is 29.9 Å². The molecule has 1 aromatic rings. The molecule has 2 rings (SSSR count). The zero-order chi connectivity index (χ0) is 13.1. The van der Waals surface area contributed by atoms with E-state index in [1.165, 1.54) is 36.8 Å². The van der Waals surface area contributed by atoms with E-state index < -0.39 is 0 Å². The Kier molecular flexibility index (Phi) is 4.23. The Morgan fingerprint density at radius 2 is 2.11 bits per heavy atom. The smallest absolute Gasteiger partial charge is 0.131 e. The molecule has 0 radical (unpaired) electrons. The van der Waals surface area contributed by atoms with Crippen LogP contribution in [-0.4, -0.2) is 24.1 Å². The van der Waals surface area contributed by atoms with Crippen LogP contribution in [0.5, 0.6) is 0 Å². The number of pyridine rings is 1. The highest BCUT2D eigenvalue weighted by Crippen LogP contribution is 2.27. The van der Waals surface area contributed by atoms with Crippen molar-refractivity contribution in [1.82, 2.24) is 4.98 Å². The Balaban J connectivity index is 2.13. The van der Waals surface area contributed by atoms with Crippen LogP contribution in [0.2, 0.25) is 0 Å². The summed E-state index contributed by atoms with van der Waals surface area (Å²) in [6.45, 7) is 4.19. The molecule has 3 heteroatoms. The van der Waals surface area contributed by atoms with Crippen molar-refractivity contribution in [2.75, 3.05) is 11.9 Å². The first-order valence-corrected chi connectivity index (χ1v) is 7.02. The molecule has 1 fully saturated rings. The third-order valence-electron chi connectivity index (χ3n) is 3.87. The predicted octanol–water partition coefficient (Wildman–Crippen LogP) is 2.66. The van der Waals surface area contributed by atoms with Crippen LogP contribution in [0.3, 0.4) is 0 Å². The molecule has 1 aromatic heterocycles. The molecule has 1 aliphatic carbocycles. The minimum absolute atomic E-state index is 0.199. The maximum absolute atomic E-state index is 5.83. The molecule has 1 atom stereocenters. The largest absolute Gasteiger partial charge is 0.356 e. The van der Waals surface area contributed by atoms with Crippen LogP contribution < -0.4 is 10.6 Å². The van der Waals surface area contributed by atoms with Gasteiger partial charge in [0.15, 0.2) is 0 Å². The van der Waals surface area contributed by atoms with E-state index in [9.17, 15) is 0 Å². The van der Waals surface area contributed by atoms with E-state index in [1.54, 1.807) is 0 Å². The summed E-state index contributed by atoms with van der Waals surface area (Å²) in [6, 6.07) is 3.11. The Bertz CT molecular complexity index is 395. The number of anilines is 1. The van der Waals surface area contributed by atoms with Gasteiger partial charge in [0.2, 0.25) is 0 Å². The molecule has 2 N–H and O–H groups in total. The second kappa shape index (κ2) is 5.70. The number of hydrogen-bond acceptors (Lipinski definition) is 3. The summed E-state index contributed by atoms with van der Waals surface area (Å²) in [5, 5.41) is 0. The SMILES string of the molecule is Cc1cc(CC(C)N)cnc1N(C)C1CCCC1. The van der Waals surface area contributed by atoms with Crippen molar-refractivity contribution in [1.29, 1.82) is 0 Å². The quantitative estimate of drug-likeness (QED) is 0.889. The Labute approximate surface area is 110 Å². The Morgan fingerprint density at radius 1 is 1.44 bits per heavy atom. The second-order valence-corrected chi connectivity index (χ2v) is 5.71. The average molecular weight is 247 g/mol. The lowest BCUT2D eigenvalue weighted by Crippen LogP contribution is -2.30. The molecule has 1 saturated carbocycles. The summed E-state index contributed by atoms with van der Waals surface area (Å²) in [4.78, 5) is 7.01. The lowest BCUT2D eigenvalue weighted by Gasteiger charge is -2.27. The molecule has 100 valence electrons. The van der Waals surface area contributed by atoms with Gasteiger partial charge in [0.05, 0.1) is 0 Å². The van der Waals surface area contributed by atoms with Crippen molar-refractivity contribution >= 4 is 5.82 Å². The molecule has 3 nitrogen and oxygen atoms in total. The van der Waals surface area contributed by atoms with Crippen LogP contribution in [0.4, 0.5) is 5.82 Å². The number of aryl methyl sites for hydroxylation is 1. The van der Waals surface area contributed by atoms with Crippen LogP contribution >= 0.6 is 0 Å². The van der Waals surface area contributed by atoms with Crippen molar-refractivity contribution in [3.8, 4) is 0 Å². The highest BCUT2D eigenvalue weighted by atomic mass is 15.2. The van der Waals surface area contributed by atoms with Crippen LogP contribution in [0, 0.1) is 6.92 Å². The van der Waals surface area contributed by atoms with E-state index in [4.69, 9.17) is 5.73 Å². The molecule has 0 aromatic carbocycles. The lowest BCUT2D eigenvalue weighted by molar-refractivity contribution is 0.644. The maximum atomic E-state index is 5.83. The molecular weight excluding hydrogens is 222 g/mol. The fourth-order valence-electron chi connectivity index (χ4n) is 2.94. The van der Waals surface area contributed by atoms with Crippen LogP contribution in [0.1, 0.15) is 43.7 Å². The summed E-state index contributed by atoms with van der Waals surface area (Å²) in [7, 11) is 2.18. The van der Waals surface area contributed by atoms with Crippen molar-refractivity contribution < 1.29 is 0 Å². The highest BCUT2D eigenvalue weighted by Gasteiger charge is 2.21. The van der Waals surface area contributed by atoms with E-state index in [1.807, 2.05) is 13.1 Å². The minimum Gasteiger partial charge on any atom is -0.356 e. The number of nitrogens with zero attached hydrogens (tertiary/aromatic N) is 2. The van der Waals surface area contributed by atoms with Crippen LogP contribution in [0.25, 0.3) is 0 Å². The highest BCUT2D eigenvalue weighted by molar-refractivity contribution is 5.47. The van der Waals surface area contributed by atoms with Crippen molar-refractivity contribution in [3.05, 3.63) is 23.4 Å². The van der Waals surface area contributed by atoms with Crippen LogP contribution in [0.15, 0.2) is 12.3 Å². The predicted molar refractivity (Wildman–Crippen MR) is 77.0 cm³/mol. The summed E-state index contributed by atoms with van der Waals surface area (Å²) in [5.74, 6) is 1.13. The van der Waals surface area contributed by atoms with Crippen LogP contribution in [-0.2, 0) is 6.42 Å². The van der Waals surface area contributed by atoms with E-state index in [-0.39, 0.29) is 6.04 Å². The molecule has 0 amide bonds. The molecule has 18 heavy (non-hydrogen) atoms. The van der Waals surface area contributed by atoms with E-state index in [0.29, 0.717) is 6.04 Å². The average Bonchev–Trinajstić information content (AvgIpc) is 2.80. The Hall–Kier alpha value is -1.09. The van der Waals surface area contributed by atoms with Gasteiger partial charge in [-0.05, 0) is 44.2 Å². The van der Waals surface area contributed by atoms with E-state index in [0.717, 1.165) is 12.2 Å². The summed E-state index contributed by atoms with van der Waals surface area (Å²) >= 11 is 0. The zero-order valence-corrected chi connectivity index (χ0v) is 11.8. The van der Waals surface area contributed by atoms with Gasteiger partial charge in [-0.2, -0.15) is 0 Å². The van der Waals surface area contributed by atoms with Crippen molar-refractivity contribution in [3.63, 3.8) is 0 Å². The topological polar surface area (TPSA) is 42.1 Å². The third kappa shape index (κ3) is 3.02. The number of aromatic nitrogens is 1. The molecular formula is C15H25N3. The summed E-state index contributed by atoms with van der Waals surface area (Å²) in [6.07, 6.45) is 8.21. The number of nitrogens with two attached hydrogens (primary N) is 1. The van der Waals surface area contributed by atoms with Gasteiger partial charge in [-0.25, -0.2) is 4.98 Å². The molecule has 0 aliphatic heterocycles. The van der Waals surface area contributed by atoms with Gasteiger partial charge < -0.3 is 10.6 Å². The second-order valence-electron chi connectivity index (χ2n) is 5.71. The molecule has 1 heterocycles. The van der Waals surface area contributed by atoms with Gasteiger partial charge in [-0.1, -0.05) is 18.9 Å². The first-order valence-electron chi connectivity index (χ1n) is 7.02. The van der Waals surface area contributed by atoms with Gasteiger partial charge in [0.1, 0.15) is 5.82 Å². The van der Waals surface area contributed by atoms with Gasteiger partial charge in [-0.15, -0.1) is 0 Å². The van der Waals surface area contributed by atoms with E-state index >= 15 is 0 Å². The molecule has 1 aliphatic rings. The van der Waals surface area contributed by atoms with Gasteiger partial charge in [0, 0.05) is 25.3 Å². The Morgan fingerprint density at radius 3 is 2.67 bits per heavy atom. The standard InChI is InChI=1S/C15H25N3/c1-11-8-13(9-12(2)16)10-17-15(11)18(3)14-6-4-5-7-14/h8,10,12,14H,4-7,9,16H2,1-3H3. The number of hydrogen-bond donors (Lipinski definition) is 1. The lowest BCUT2D eigenvalue weighted by atomic mass is 10.1. The summed E-state index contributed by atoms with van der Waals surface area (Å²) in [5.41, 5.74) is 8.34. The minimum atomic E-state index is 0.199. The molecule has 0 spiro atoms. The van der Waals surface area contributed by atoms with Gasteiger partial charge >= 0.3 is 0 Å². The molecule has 1 unspecified atom stereocenters. The van der Waals surface area contributed by atoms with Gasteiger partial charge in [0.25, 0.3) is 0 Å². The normalized spacial score (nSPS) is 18.0. The number of rotatable bonds is 4. The molecule has 0 bridgehead atoms. The molecule has 0 saturated heterocycles. The monoisotopic (exact) mass is 247 g/mol. The van der Waals surface area contributed by atoms with Crippen molar-refractivity contribution in [2.24, 2.45) is 5.73 Å². The third-order valence-corrected chi connectivity index (χ3v) is 3.87. The van der Waals surface area contributed by atoms with Gasteiger partial charge in [-0.3, -0.25) is 0 Å².